The maximum atomic E-state index is 12.9. The van der Waals surface area contributed by atoms with E-state index in [1.54, 1.807) is 11.0 Å². The zero-order valence-corrected chi connectivity index (χ0v) is 17.5. The molecule has 3 aromatic rings. The molecule has 30 heavy (non-hydrogen) atoms. The molecule has 2 amide bonds. The Bertz CT molecular complexity index is 1120. The second-order valence-corrected chi connectivity index (χ2v) is 8.61. The topological polar surface area (TPSA) is 78.7 Å². The van der Waals surface area contributed by atoms with E-state index in [1.807, 2.05) is 24.3 Å². The van der Waals surface area contributed by atoms with Gasteiger partial charge < -0.3 is 9.32 Å². The van der Waals surface area contributed by atoms with Crippen molar-refractivity contribution in [2.75, 3.05) is 23.3 Å². The van der Waals surface area contributed by atoms with Crippen LogP contribution in [0.2, 0.25) is 0 Å². The minimum atomic E-state index is -0.339. The third kappa shape index (κ3) is 3.42. The molecule has 154 valence electrons. The number of thiazole rings is 1. The molecule has 7 nitrogen and oxygen atoms in total. The molecule has 2 aromatic heterocycles. The van der Waals surface area contributed by atoms with Gasteiger partial charge >= 0.3 is 0 Å². The van der Waals surface area contributed by atoms with Crippen molar-refractivity contribution >= 4 is 34.0 Å². The molecule has 2 aliphatic rings. The standard InChI is InChI=1S/C22H22N4O3S/c1-2-25-9-7-16-18(13-25)30-22(23-16)24-21(28)20-15(8-10-29-20)12-26-17-6-4-3-5-14(17)11-19(26)27/h3-6,8,10H,2,7,9,11-13H2,1H3,(H,23,24,28). The number of amides is 2. The van der Waals surface area contributed by atoms with Gasteiger partial charge in [-0.05, 0) is 24.2 Å². The van der Waals surface area contributed by atoms with E-state index in [9.17, 15) is 9.59 Å². The van der Waals surface area contributed by atoms with Crippen LogP contribution in [0.4, 0.5) is 10.8 Å². The van der Waals surface area contributed by atoms with Crippen LogP contribution in [0.15, 0.2) is 41.0 Å². The minimum absolute atomic E-state index is 0.0248. The summed E-state index contributed by atoms with van der Waals surface area (Å²) in [7, 11) is 0. The number of para-hydroxylation sites is 1. The lowest BCUT2D eigenvalue weighted by molar-refractivity contribution is -0.117. The Morgan fingerprint density at radius 1 is 1.30 bits per heavy atom. The van der Waals surface area contributed by atoms with E-state index in [-0.39, 0.29) is 17.6 Å². The maximum Gasteiger partial charge on any atom is 0.293 e. The number of hydrogen-bond donors (Lipinski definition) is 1. The van der Waals surface area contributed by atoms with E-state index in [4.69, 9.17) is 4.42 Å². The van der Waals surface area contributed by atoms with Crippen molar-refractivity contribution in [1.29, 1.82) is 0 Å². The van der Waals surface area contributed by atoms with Crippen LogP contribution in [0.3, 0.4) is 0 Å². The predicted octanol–water partition coefficient (Wildman–Crippen LogP) is 3.46. The first-order valence-corrected chi connectivity index (χ1v) is 10.9. The van der Waals surface area contributed by atoms with Gasteiger partial charge in [0.15, 0.2) is 10.9 Å². The zero-order chi connectivity index (χ0) is 20.7. The molecule has 0 aliphatic carbocycles. The zero-order valence-electron chi connectivity index (χ0n) is 16.7. The third-order valence-corrected chi connectivity index (χ3v) is 6.68. The molecule has 0 unspecified atom stereocenters. The van der Waals surface area contributed by atoms with Crippen molar-refractivity contribution < 1.29 is 14.0 Å². The summed E-state index contributed by atoms with van der Waals surface area (Å²) in [6.07, 6.45) is 2.77. The largest absolute Gasteiger partial charge is 0.459 e. The van der Waals surface area contributed by atoms with Crippen molar-refractivity contribution in [3.05, 3.63) is 64.1 Å². The van der Waals surface area contributed by atoms with Crippen molar-refractivity contribution in [2.24, 2.45) is 0 Å². The molecule has 0 fully saturated rings. The Morgan fingerprint density at radius 2 is 2.17 bits per heavy atom. The van der Waals surface area contributed by atoms with E-state index in [2.05, 4.69) is 22.1 Å². The fraction of sp³-hybridized carbons (Fsp3) is 0.318. The van der Waals surface area contributed by atoms with Crippen LogP contribution in [-0.4, -0.2) is 34.8 Å². The number of benzene rings is 1. The molecule has 0 saturated heterocycles. The first-order chi connectivity index (χ1) is 14.6. The normalized spacial score (nSPS) is 15.9. The summed E-state index contributed by atoms with van der Waals surface area (Å²) in [6.45, 7) is 5.33. The molecular weight excluding hydrogens is 400 g/mol. The molecule has 5 rings (SSSR count). The van der Waals surface area contributed by atoms with Crippen molar-refractivity contribution in [1.82, 2.24) is 9.88 Å². The van der Waals surface area contributed by atoms with Gasteiger partial charge in [-0.1, -0.05) is 25.1 Å². The lowest BCUT2D eigenvalue weighted by Crippen LogP contribution is -2.29. The SMILES string of the molecule is CCN1CCc2nc(NC(=O)c3occc3CN3C(=O)Cc4ccccc43)sc2C1. The van der Waals surface area contributed by atoms with E-state index in [0.29, 0.717) is 23.7 Å². The molecule has 0 atom stereocenters. The number of anilines is 2. The van der Waals surface area contributed by atoms with Gasteiger partial charge in [-0.2, -0.15) is 0 Å². The Labute approximate surface area is 178 Å². The summed E-state index contributed by atoms with van der Waals surface area (Å²) in [5, 5.41) is 3.47. The molecule has 0 bridgehead atoms. The molecule has 0 saturated carbocycles. The number of hydrogen-bond acceptors (Lipinski definition) is 6. The molecule has 1 N–H and O–H groups in total. The van der Waals surface area contributed by atoms with E-state index in [1.165, 1.54) is 22.5 Å². The summed E-state index contributed by atoms with van der Waals surface area (Å²) in [5.74, 6) is -0.0965. The average molecular weight is 423 g/mol. The number of nitrogens with zero attached hydrogens (tertiary/aromatic N) is 3. The van der Waals surface area contributed by atoms with Gasteiger partial charge in [0, 0.05) is 35.6 Å². The molecule has 0 spiro atoms. The highest BCUT2D eigenvalue weighted by molar-refractivity contribution is 7.15. The van der Waals surface area contributed by atoms with Crippen LogP contribution in [0.5, 0.6) is 0 Å². The predicted molar refractivity (Wildman–Crippen MR) is 115 cm³/mol. The second-order valence-electron chi connectivity index (χ2n) is 7.52. The highest BCUT2D eigenvalue weighted by Crippen LogP contribution is 2.31. The maximum absolute atomic E-state index is 12.9. The van der Waals surface area contributed by atoms with Crippen molar-refractivity contribution in [3.63, 3.8) is 0 Å². The Balaban J connectivity index is 1.32. The van der Waals surface area contributed by atoms with Gasteiger partial charge in [-0.25, -0.2) is 4.98 Å². The number of carbonyl (C=O) groups is 2. The average Bonchev–Trinajstić information content (AvgIpc) is 3.45. The van der Waals surface area contributed by atoms with E-state index < -0.39 is 0 Å². The van der Waals surface area contributed by atoms with Crippen LogP contribution in [0.25, 0.3) is 0 Å². The van der Waals surface area contributed by atoms with Crippen LogP contribution in [-0.2, 0) is 30.7 Å². The lowest BCUT2D eigenvalue weighted by Gasteiger charge is -2.23. The van der Waals surface area contributed by atoms with Crippen molar-refractivity contribution in [3.8, 4) is 0 Å². The summed E-state index contributed by atoms with van der Waals surface area (Å²) >= 11 is 1.52. The van der Waals surface area contributed by atoms with Gasteiger partial charge in [-0.15, -0.1) is 11.3 Å². The van der Waals surface area contributed by atoms with Crippen LogP contribution >= 0.6 is 11.3 Å². The Hall–Kier alpha value is -2.97. The van der Waals surface area contributed by atoms with Crippen molar-refractivity contribution in [2.45, 2.75) is 32.9 Å². The smallest absolute Gasteiger partial charge is 0.293 e. The van der Waals surface area contributed by atoms with Gasteiger partial charge in [0.2, 0.25) is 5.91 Å². The number of likely N-dealkylation sites (N-methyl/N-ethyl adjacent to an activating group) is 1. The summed E-state index contributed by atoms with van der Waals surface area (Å²) < 4.78 is 5.49. The number of carbonyl (C=O) groups excluding carboxylic acids is 2. The molecule has 1 aromatic carbocycles. The summed E-state index contributed by atoms with van der Waals surface area (Å²) in [4.78, 5) is 35.2. The molecule has 0 radical (unpaired) electrons. The number of furan rings is 1. The monoisotopic (exact) mass is 422 g/mol. The van der Waals surface area contributed by atoms with E-state index >= 15 is 0 Å². The fourth-order valence-electron chi connectivity index (χ4n) is 4.05. The third-order valence-electron chi connectivity index (χ3n) is 5.68. The summed E-state index contributed by atoms with van der Waals surface area (Å²) in [5.41, 5.74) is 3.64. The van der Waals surface area contributed by atoms with Gasteiger partial charge in [0.05, 0.1) is 24.9 Å². The Kier molecular flexibility index (Phi) is 4.88. The van der Waals surface area contributed by atoms with Gasteiger partial charge in [0.1, 0.15) is 0 Å². The number of nitrogens with one attached hydrogen (secondary N) is 1. The molecule has 8 heteroatoms. The quantitative estimate of drug-likeness (QED) is 0.681. The molecular formula is C22H22N4O3S. The van der Waals surface area contributed by atoms with Gasteiger partial charge in [-0.3, -0.25) is 19.8 Å². The number of fused-ring (bicyclic) bond motifs is 2. The van der Waals surface area contributed by atoms with Crippen LogP contribution in [0, 0.1) is 0 Å². The summed E-state index contributed by atoms with van der Waals surface area (Å²) in [6, 6.07) is 9.48. The number of aromatic nitrogens is 1. The fourth-order valence-corrected chi connectivity index (χ4v) is 5.09. The van der Waals surface area contributed by atoms with Crippen LogP contribution < -0.4 is 10.2 Å². The van der Waals surface area contributed by atoms with E-state index in [0.717, 1.165) is 43.0 Å². The van der Waals surface area contributed by atoms with Gasteiger partial charge in [0.25, 0.3) is 5.91 Å². The highest BCUT2D eigenvalue weighted by Gasteiger charge is 2.29. The molecule has 4 heterocycles. The first kappa shape index (κ1) is 19.0. The highest BCUT2D eigenvalue weighted by atomic mass is 32.1. The lowest BCUT2D eigenvalue weighted by atomic mass is 10.1. The first-order valence-electron chi connectivity index (χ1n) is 10.1. The second kappa shape index (κ2) is 7.70. The molecule has 2 aliphatic heterocycles. The Morgan fingerprint density at radius 3 is 3.03 bits per heavy atom. The van der Waals surface area contributed by atoms with Crippen LogP contribution in [0.1, 0.15) is 39.2 Å². The minimum Gasteiger partial charge on any atom is -0.459 e. The number of rotatable bonds is 5.